The number of anilines is 1. The molecule has 1 aromatic carbocycles. The molecule has 1 atom stereocenters. The standard InChI is InChI=1S/C15H13ClF3N5O2S.CH2O2/c1-14(15(18,19)6-26-5-10(20)23-14)8-4-7(2-3-9(8)17)21-12(25)11-22-13(16)27-24-11;2-1-3/h2-4H,5-6H2,1H3,(H2,20,23)(H,21,25);1H,(H,2,3). The Bertz CT molecular complexity index is 974. The first-order valence-corrected chi connectivity index (χ1v) is 9.17. The smallest absolute Gasteiger partial charge is 0.299 e. The highest BCUT2D eigenvalue weighted by Crippen LogP contribution is 2.44. The van der Waals surface area contributed by atoms with Crippen molar-refractivity contribution in [2.45, 2.75) is 18.4 Å². The molecule has 30 heavy (non-hydrogen) atoms. The first kappa shape index (κ1) is 23.5. The lowest BCUT2D eigenvalue weighted by atomic mass is 9.85. The fourth-order valence-electron chi connectivity index (χ4n) is 2.54. The van der Waals surface area contributed by atoms with Crippen molar-refractivity contribution in [2.75, 3.05) is 18.5 Å². The van der Waals surface area contributed by atoms with Crippen LogP contribution in [0, 0.1) is 5.82 Å². The van der Waals surface area contributed by atoms with Gasteiger partial charge in [-0.3, -0.25) is 14.6 Å². The van der Waals surface area contributed by atoms with E-state index in [0.717, 1.165) is 30.6 Å². The van der Waals surface area contributed by atoms with Gasteiger partial charge in [-0.25, -0.2) is 13.2 Å². The molecule has 9 nitrogen and oxygen atoms in total. The van der Waals surface area contributed by atoms with Crippen LogP contribution in [0.15, 0.2) is 23.2 Å². The van der Waals surface area contributed by atoms with Gasteiger partial charge in [-0.2, -0.15) is 9.36 Å². The number of aromatic nitrogens is 2. The van der Waals surface area contributed by atoms with Crippen LogP contribution in [0.3, 0.4) is 0 Å². The maximum absolute atomic E-state index is 14.6. The molecule has 0 aliphatic carbocycles. The van der Waals surface area contributed by atoms with Crippen molar-refractivity contribution in [3.05, 3.63) is 39.9 Å². The molecule has 0 spiro atoms. The van der Waals surface area contributed by atoms with Gasteiger partial charge in [-0.05, 0) is 48.3 Å². The van der Waals surface area contributed by atoms with Crippen LogP contribution in [0.2, 0.25) is 4.47 Å². The minimum absolute atomic E-state index is 0.0540. The number of nitrogens with two attached hydrogens (primary N) is 1. The Morgan fingerprint density at radius 2 is 2.13 bits per heavy atom. The number of carboxylic acid groups (broad SMARTS) is 1. The number of carbonyl (C=O) groups excluding carboxylic acids is 1. The number of aliphatic imine (C=N–C) groups is 1. The summed E-state index contributed by atoms with van der Waals surface area (Å²) in [4.78, 5) is 28.0. The lowest BCUT2D eigenvalue weighted by molar-refractivity contribution is -0.122. The molecular formula is C16H15ClF3N5O4S. The van der Waals surface area contributed by atoms with Gasteiger partial charge in [0.1, 0.15) is 24.9 Å². The fourth-order valence-corrected chi connectivity index (χ4v) is 3.14. The molecule has 3 rings (SSSR count). The second-order valence-corrected chi connectivity index (χ2v) is 7.33. The number of ether oxygens (including phenoxy) is 1. The summed E-state index contributed by atoms with van der Waals surface area (Å²) in [6, 6.07) is 3.23. The van der Waals surface area contributed by atoms with E-state index in [1.165, 1.54) is 6.07 Å². The zero-order chi connectivity index (χ0) is 22.5. The van der Waals surface area contributed by atoms with Crippen LogP contribution in [-0.4, -0.2) is 51.8 Å². The van der Waals surface area contributed by atoms with Crippen molar-refractivity contribution >= 4 is 47.0 Å². The number of hydrogen-bond acceptors (Lipinski definition) is 8. The summed E-state index contributed by atoms with van der Waals surface area (Å²) >= 11 is 6.44. The highest BCUT2D eigenvalue weighted by molar-refractivity contribution is 7.10. The second kappa shape index (κ2) is 9.36. The molecule has 1 aromatic heterocycles. The Kier molecular flexibility index (Phi) is 7.34. The molecule has 0 fully saturated rings. The Hall–Kier alpha value is -2.77. The minimum Gasteiger partial charge on any atom is -0.483 e. The SMILES string of the molecule is CC1(c2cc(NC(=O)c3nsc(Cl)n3)ccc2F)N=C(N)COCC1(F)F.O=CO. The maximum atomic E-state index is 14.6. The zero-order valence-corrected chi connectivity index (χ0v) is 16.8. The second-order valence-electron chi connectivity index (χ2n) is 6.00. The third-order valence-corrected chi connectivity index (χ3v) is 4.76. The van der Waals surface area contributed by atoms with E-state index < -0.39 is 35.4 Å². The summed E-state index contributed by atoms with van der Waals surface area (Å²) < 4.78 is 52.3. The number of alkyl halides is 2. The number of carbonyl (C=O) groups is 2. The van der Waals surface area contributed by atoms with Crippen molar-refractivity contribution in [3.8, 4) is 0 Å². The van der Waals surface area contributed by atoms with Crippen LogP contribution in [0.4, 0.5) is 18.9 Å². The molecule has 1 unspecified atom stereocenters. The number of nitrogens with one attached hydrogen (secondary N) is 1. The van der Waals surface area contributed by atoms with E-state index in [9.17, 15) is 18.0 Å². The molecule has 0 bridgehead atoms. The number of benzene rings is 1. The fraction of sp³-hybridized carbons (Fsp3) is 0.312. The topological polar surface area (TPSA) is 140 Å². The molecule has 4 N–H and O–H groups in total. The van der Waals surface area contributed by atoms with Crippen molar-refractivity contribution in [3.63, 3.8) is 0 Å². The van der Waals surface area contributed by atoms with E-state index in [1.54, 1.807) is 0 Å². The first-order valence-electron chi connectivity index (χ1n) is 8.02. The minimum atomic E-state index is -3.54. The van der Waals surface area contributed by atoms with Gasteiger partial charge < -0.3 is 20.9 Å². The van der Waals surface area contributed by atoms with Crippen LogP contribution in [0.5, 0.6) is 0 Å². The predicted molar refractivity (Wildman–Crippen MR) is 103 cm³/mol. The maximum Gasteiger partial charge on any atom is 0.299 e. The van der Waals surface area contributed by atoms with Crippen molar-refractivity contribution < 1.29 is 32.6 Å². The molecule has 14 heteroatoms. The molecule has 0 radical (unpaired) electrons. The summed E-state index contributed by atoms with van der Waals surface area (Å²) in [6.07, 6.45) is 0. The van der Waals surface area contributed by atoms with Crippen LogP contribution >= 0.6 is 23.1 Å². The Balaban J connectivity index is 0.00000101. The summed E-state index contributed by atoms with van der Waals surface area (Å²) in [5, 5.41) is 9.30. The van der Waals surface area contributed by atoms with E-state index in [-0.39, 0.29) is 34.9 Å². The number of amides is 1. The molecule has 1 aliphatic heterocycles. The molecule has 2 aromatic rings. The van der Waals surface area contributed by atoms with Crippen LogP contribution in [0.1, 0.15) is 23.1 Å². The van der Waals surface area contributed by atoms with Crippen molar-refractivity contribution in [2.24, 2.45) is 10.7 Å². The normalized spacial score (nSPS) is 20.2. The average molecular weight is 466 g/mol. The Morgan fingerprint density at radius 3 is 2.73 bits per heavy atom. The van der Waals surface area contributed by atoms with E-state index in [4.69, 9.17) is 32.0 Å². The number of rotatable bonds is 3. The third-order valence-electron chi connectivity index (χ3n) is 3.97. The van der Waals surface area contributed by atoms with E-state index in [1.807, 2.05) is 0 Å². The highest BCUT2D eigenvalue weighted by atomic mass is 35.5. The van der Waals surface area contributed by atoms with E-state index in [2.05, 4.69) is 19.7 Å². The molecule has 2 heterocycles. The highest BCUT2D eigenvalue weighted by Gasteiger charge is 2.54. The predicted octanol–water partition coefficient (Wildman–Crippen LogP) is 2.52. The van der Waals surface area contributed by atoms with Gasteiger partial charge in [0.05, 0.1) is 0 Å². The summed E-state index contributed by atoms with van der Waals surface area (Å²) in [6.45, 7) is -0.467. The summed E-state index contributed by atoms with van der Waals surface area (Å²) in [5.74, 6) is -5.58. The van der Waals surface area contributed by atoms with Gasteiger partial charge in [0, 0.05) is 11.3 Å². The van der Waals surface area contributed by atoms with Gasteiger partial charge in [0.15, 0.2) is 5.54 Å². The lowest BCUT2D eigenvalue weighted by Crippen LogP contribution is -2.45. The zero-order valence-electron chi connectivity index (χ0n) is 15.2. The summed E-state index contributed by atoms with van der Waals surface area (Å²) in [7, 11) is 0. The number of amidine groups is 1. The van der Waals surface area contributed by atoms with Gasteiger partial charge in [-0.15, -0.1) is 0 Å². The van der Waals surface area contributed by atoms with Crippen LogP contribution in [0.25, 0.3) is 0 Å². The molecule has 1 amide bonds. The molecule has 0 saturated carbocycles. The van der Waals surface area contributed by atoms with Crippen LogP contribution in [-0.2, 0) is 15.1 Å². The molecule has 0 saturated heterocycles. The Labute approximate surface area is 176 Å². The van der Waals surface area contributed by atoms with Crippen molar-refractivity contribution in [1.82, 2.24) is 9.36 Å². The quantitative estimate of drug-likeness (QED) is 0.591. The van der Waals surface area contributed by atoms with E-state index in [0.29, 0.717) is 0 Å². The largest absolute Gasteiger partial charge is 0.483 e. The Morgan fingerprint density at radius 1 is 1.47 bits per heavy atom. The van der Waals surface area contributed by atoms with Gasteiger partial charge >= 0.3 is 0 Å². The van der Waals surface area contributed by atoms with Gasteiger partial charge in [-0.1, -0.05) is 0 Å². The lowest BCUT2D eigenvalue weighted by Gasteiger charge is -2.33. The van der Waals surface area contributed by atoms with Crippen LogP contribution < -0.4 is 11.1 Å². The molecule has 162 valence electrons. The summed E-state index contributed by atoms with van der Waals surface area (Å²) in [5.41, 5.74) is 2.88. The van der Waals surface area contributed by atoms with Crippen molar-refractivity contribution in [1.29, 1.82) is 0 Å². The molecule has 1 aliphatic rings. The monoisotopic (exact) mass is 465 g/mol. The van der Waals surface area contributed by atoms with E-state index >= 15 is 0 Å². The number of nitrogens with zero attached hydrogens (tertiary/aromatic N) is 3. The number of halogens is 4. The first-order chi connectivity index (χ1) is 14.0. The van der Waals surface area contributed by atoms with Gasteiger partial charge in [0.25, 0.3) is 18.3 Å². The third kappa shape index (κ3) is 5.04. The van der Waals surface area contributed by atoms with Gasteiger partial charge in [0.2, 0.25) is 10.3 Å². The average Bonchev–Trinajstić information content (AvgIpc) is 3.06. The molecular weight excluding hydrogens is 451 g/mol. The number of hydrogen-bond donors (Lipinski definition) is 3.